The fraction of sp³-hybridized carbons (Fsp3) is 0.455. The van der Waals surface area contributed by atoms with Gasteiger partial charge in [0.1, 0.15) is 5.75 Å². The van der Waals surface area contributed by atoms with Crippen molar-refractivity contribution in [1.29, 1.82) is 0 Å². The number of ether oxygens (including phenoxy) is 1. The first-order valence-electron chi connectivity index (χ1n) is 4.72. The van der Waals surface area contributed by atoms with Gasteiger partial charge in [0.25, 0.3) is 0 Å². The van der Waals surface area contributed by atoms with Crippen molar-refractivity contribution in [3.05, 3.63) is 28.2 Å². The quantitative estimate of drug-likeness (QED) is 0.903. The van der Waals surface area contributed by atoms with Gasteiger partial charge in [-0.25, -0.2) is 0 Å². The van der Waals surface area contributed by atoms with E-state index in [1.165, 1.54) is 0 Å². The second-order valence-electron chi connectivity index (χ2n) is 3.64. The molecule has 0 fully saturated rings. The molecule has 0 aliphatic rings. The summed E-state index contributed by atoms with van der Waals surface area (Å²) in [5.74, 6) is 0.865. The van der Waals surface area contributed by atoms with Gasteiger partial charge in [0, 0.05) is 16.1 Å². The Bertz CT molecular complexity index is 310. The summed E-state index contributed by atoms with van der Waals surface area (Å²) >= 11 is 3.41. The Labute approximate surface area is 93.6 Å². The second-order valence-corrected chi connectivity index (χ2v) is 4.55. The lowest BCUT2D eigenvalue weighted by Gasteiger charge is -2.16. The van der Waals surface area contributed by atoms with E-state index < -0.39 is 0 Å². The highest BCUT2D eigenvalue weighted by atomic mass is 79.9. The zero-order valence-corrected chi connectivity index (χ0v) is 10.3. The van der Waals surface area contributed by atoms with Gasteiger partial charge in [0.05, 0.1) is 6.10 Å². The Morgan fingerprint density at radius 1 is 1.29 bits per heavy atom. The lowest BCUT2D eigenvalue weighted by Crippen LogP contribution is -2.12. The predicted octanol–water partition coefficient (Wildman–Crippen LogP) is 3.26. The van der Waals surface area contributed by atoms with Crippen molar-refractivity contribution in [3.63, 3.8) is 0 Å². The number of nitrogens with two attached hydrogens (primary N) is 1. The largest absolute Gasteiger partial charge is 0.491 e. The van der Waals surface area contributed by atoms with Crippen LogP contribution >= 0.6 is 15.9 Å². The molecule has 0 aromatic heterocycles. The second kappa shape index (κ2) is 4.80. The SMILES string of the molecule is CC(C)Oc1cc(Br)ccc1[C@@H](C)N. The molecule has 14 heavy (non-hydrogen) atoms. The van der Waals surface area contributed by atoms with Crippen LogP contribution < -0.4 is 10.5 Å². The van der Waals surface area contributed by atoms with Gasteiger partial charge in [-0.1, -0.05) is 22.0 Å². The molecule has 0 amide bonds. The maximum absolute atomic E-state index is 5.85. The van der Waals surface area contributed by atoms with Crippen LogP contribution in [0, 0.1) is 0 Å². The maximum Gasteiger partial charge on any atom is 0.125 e. The van der Waals surface area contributed by atoms with Crippen LogP contribution in [0.5, 0.6) is 5.75 Å². The zero-order valence-electron chi connectivity index (χ0n) is 8.75. The van der Waals surface area contributed by atoms with Gasteiger partial charge >= 0.3 is 0 Å². The minimum atomic E-state index is -0.00292. The average molecular weight is 258 g/mol. The topological polar surface area (TPSA) is 35.2 Å². The molecule has 0 saturated carbocycles. The Balaban J connectivity index is 3.03. The van der Waals surface area contributed by atoms with Gasteiger partial charge in [-0.3, -0.25) is 0 Å². The van der Waals surface area contributed by atoms with Crippen LogP contribution in [0.3, 0.4) is 0 Å². The molecule has 2 N–H and O–H groups in total. The molecule has 1 aromatic rings. The lowest BCUT2D eigenvalue weighted by atomic mass is 10.1. The number of hydrogen-bond donors (Lipinski definition) is 1. The van der Waals surface area contributed by atoms with Crippen molar-refractivity contribution < 1.29 is 4.74 Å². The summed E-state index contributed by atoms with van der Waals surface area (Å²) in [5, 5.41) is 0. The minimum absolute atomic E-state index is 0.00292. The Hall–Kier alpha value is -0.540. The fourth-order valence-corrected chi connectivity index (χ4v) is 1.58. The summed E-state index contributed by atoms with van der Waals surface area (Å²) in [7, 11) is 0. The predicted molar refractivity (Wildman–Crippen MR) is 62.5 cm³/mol. The van der Waals surface area contributed by atoms with Crippen molar-refractivity contribution in [2.75, 3.05) is 0 Å². The smallest absolute Gasteiger partial charge is 0.125 e. The van der Waals surface area contributed by atoms with E-state index in [0.717, 1.165) is 15.8 Å². The molecule has 0 spiro atoms. The Morgan fingerprint density at radius 3 is 2.43 bits per heavy atom. The molecular weight excluding hydrogens is 242 g/mol. The van der Waals surface area contributed by atoms with Crippen LogP contribution in [0.25, 0.3) is 0 Å². The van der Waals surface area contributed by atoms with E-state index in [1.54, 1.807) is 0 Å². The molecule has 0 heterocycles. The average Bonchev–Trinajstić information content (AvgIpc) is 2.01. The van der Waals surface area contributed by atoms with Crippen molar-refractivity contribution in [1.82, 2.24) is 0 Å². The van der Waals surface area contributed by atoms with Gasteiger partial charge in [-0.05, 0) is 32.9 Å². The highest BCUT2D eigenvalue weighted by Crippen LogP contribution is 2.28. The third-order valence-electron chi connectivity index (χ3n) is 1.83. The minimum Gasteiger partial charge on any atom is -0.491 e. The normalized spacial score (nSPS) is 13.0. The summed E-state index contributed by atoms with van der Waals surface area (Å²) in [6.45, 7) is 5.97. The van der Waals surface area contributed by atoms with E-state index in [2.05, 4.69) is 15.9 Å². The van der Waals surface area contributed by atoms with Crippen molar-refractivity contribution in [2.45, 2.75) is 32.9 Å². The first kappa shape index (κ1) is 11.5. The van der Waals surface area contributed by atoms with E-state index >= 15 is 0 Å². The van der Waals surface area contributed by atoms with E-state index in [-0.39, 0.29) is 12.1 Å². The number of hydrogen-bond acceptors (Lipinski definition) is 2. The molecule has 2 nitrogen and oxygen atoms in total. The van der Waals surface area contributed by atoms with Gasteiger partial charge < -0.3 is 10.5 Å². The van der Waals surface area contributed by atoms with Crippen LogP contribution in [0.2, 0.25) is 0 Å². The van der Waals surface area contributed by atoms with E-state index in [1.807, 2.05) is 39.0 Å². The zero-order chi connectivity index (χ0) is 10.7. The standard InChI is InChI=1S/C11H16BrNO/c1-7(2)14-11-6-9(12)4-5-10(11)8(3)13/h4-8H,13H2,1-3H3/t8-/m1/s1. The van der Waals surface area contributed by atoms with E-state index in [4.69, 9.17) is 10.5 Å². The number of halogens is 1. The maximum atomic E-state index is 5.85. The molecule has 0 aliphatic heterocycles. The van der Waals surface area contributed by atoms with Crippen molar-refractivity contribution in [3.8, 4) is 5.75 Å². The first-order chi connectivity index (χ1) is 6.50. The van der Waals surface area contributed by atoms with Crippen LogP contribution in [0.4, 0.5) is 0 Å². The third-order valence-corrected chi connectivity index (χ3v) is 2.32. The highest BCUT2D eigenvalue weighted by molar-refractivity contribution is 9.10. The van der Waals surface area contributed by atoms with Crippen molar-refractivity contribution >= 4 is 15.9 Å². The molecule has 1 atom stereocenters. The fourth-order valence-electron chi connectivity index (χ4n) is 1.24. The van der Waals surface area contributed by atoms with Crippen LogP contribution in [-0.2, 0) is 0 Å². The number of rotatable bonds is 3. The van der Waals surface area contributed by atoms with Crippen LogP contribution in [0.1, 0.15) is 32.4 Å². The molecule has 0 aliphatic carbocycles. The summed E-state index contributed by atoms with van der Waals surface area (Å²) in [6, 6.07) is 5.92. The Kier molecular flexibility index (Phi) is 3.96. The highest BCUT2D eigenvalue weighted by Gasteiger charge is 2.09. The van der Waals surface area contributed by atoms with Crippen LogP contribution in [-0.4, -0.2) is 6.10 Å². The first-order valence-corrected chi connectivity index (χ1v) is 5.51. The van der Waals surface area contributed by atoms with Gasteiger partial charge in [0.15, 0.2) is 0 Å². The summed E-state index contributed by atoms with van der Waals surface area (Å²) in [4.78, 5) is 0. The summed E-state index contributed by atoms with van der Waals surface area (Å²) < 4.78 is 6.69. The Morgan fingerprint density at radius 2 is 1.93 bits per heavy atom. The van der Waals surface area contributed by atoms with E-state index in [0.29, 0.717) is 0 Å². The van der Waals surface area contributed by atoms with Crippen LogP contribution in [0.15, 0.2) is 22.7 Å². The molecular formula is C11H16BrNO. The number of benzene rings is 1. The van der Waals surface area contributed by atoms with Gasteiger partial charge in [-0.15, -0.1) is 0 Å². The molecule has 0 radical (unpaired) electrons. The molecule has 0 unspecified atom stereocenters. The monoisotopic (exact) mass is 257 g/mol. The van der Waals surface area contributed by atoms with Crippen molar-refractivity contribution in [2.24, 2.45) is 5.73 Å². The summed E-state index contributed by atoms with van der Waals surface area (Å²) in [5.41, 5.74) is 6.89. The molecule has 1 rings (SSSR count). The van der Waals surface area contributed by atoms with Gasteiger partial charge in [0.2, 0.25) is 0 Å². The van der Waals surface area contributed by atoms with Gasteiger partial charge in [-0.2, -0.15) is 0 Å². The molecule has 0 bridgehead atoms. The molecule has 0 saturated heterocycles. The molecule has 1 aromatic carbocycles. The third kappa shape index (κ3) is 3.00. The lowest BCUT2D eigenvalue weighted by molar-refractivity contribution is 0.239. The molecule has 3 heteroatoms. The van der Waals surface area contributed by atoms with E-state index in [9.17, 15) is 0 Å². The summed E-state index contributed by atoms with van der Waals surface area (Å²) in [6.07, 6.45) is 0.168. The molecule has 78 valence electrons.